The predicted octanol–water partition coefficient (Wildman–Crippen LogP) is 4.72. The normalized spacial score (nSPS) is 17.7. The highest BCUT2D eigenvalue weighted by atomic mass is 19.1. The van der Waals surface area contributed by atoms with Crippen molar-refractivity contribution in [2.24, 2.45) is 0 Å². The van der Waals surface area contributed by atoms with Gasteiger partial charge in [-0.1, -0.05) is 43.0 Å². The maximum Gasteiger partial charge on any atom is 0.123 e. The van der Waals surface area contributed by atoms with E-state index in [0.29, 0.717) is 0 Å². The third-order valence-corrected chi connectivity index (χ3v) is 3.82. The number of rotatable bonds is 1. The van der Waals surface area contributed by atoms with Crippen molar-refractivity contribution in [3.05, 3.63) is 83.3 Å². The second-order valence-electron chi connectivity index (χ2n) is 4.89. The van der Waals surface area contributed by atoms with E-state index < -0.39 is 0 Å². The molecular formula is C18H15F. The van der Waals surface area contributed by atoms with E-state index in [1.165, 1.54) is 23.3 Å². The second-order valence-corrected chi connectivity index (χ2v) is 4.89. The van der Waals surface area contributed by atoms with Crippen LogP contribution in [0, 0.1) is 5.82 Å². The Labute approximate surface area is 112 Å². The van der Waals surface area contributed by atoms with Crippen LogP contribution < -0.4 is 0 Å². The quantitative estimate of drug-likeness (QED) is 0.642. The summed E-state index contributed by atoms with van der Waals surface area (Å²) in [6.45, 7) is 3.84. The summed E-state index contributed by atoms with van der Waals surface area (Å²) in [5.74, 6) is 0.0806. The smallest absolute Gasteiger partial charge is 0.123 e. The molecule has 0 aromatic heterocycles. The lowest BCUT2D eigenvalue weighted by Crippen LogP contribution is -2.11. The van der Waals surface area contributed by atoms with Gasteiger partial charge in [-0.3, -0.25) is 0 Å². The molecule has 0 heterocycles. The maximum absolute atomic E-state index is 13.0. The van der Waals surface area contributed by atoms with E-state index >= 15 is 0 Å². The first-order valence-corrected chi connectivity index (χ1v) is 6.53. The Morgan fingerprint density at radius 2 is 1.79 bits per heavy atom. The van der Waals surface area contributed by atoms with Gasteiger partial charge in [0.2, 0.25) is 0 Å². The molecule has 0 saturated carbocycles. The molecule has 1 heteroatoms. The van der Waals surface area contributed by atoms with E-state index in [0.717, 1.165) is 24.0 Å². The van der Waals surface area contributed by atoms with Crippen molar-refractivity contribution in [1.29, 1.82) is 0 Å². The van der Waals surface area contributed by atoms with Crippen LogP contribution in [0.1, 0.15) is 29.0 Å². The molecule has 0 fully saturated rings. The molecule has 0 amide bonds. The third-order valence-electron chi connectivity index (χ3n) is 3.82. The van der Waals surface area contributed by atoms with E-state index in [-0.39, 0.29) is 11.7 Å². The zero-order valence-corrected chi connectivity index (χ0v) is 10.7. The molecule has 0 aliphatic heterocycles. The van der Waals surface area contributed by atoms with Crippen LogP contribution in [0.15, 0.2) is 60.8 Å². The number of benzene rings is 2. The Morgan fingerprint density at radius 1 is 1.05 bits per heavy atom. The van der Waals surface area contributed by atoms with Crippen molar-refractivity contribution in [3.63, 3.8) is 0 Å². The highest BCUT2D eigenvalue weighted by Crippen LogP contribution is 2.40. The zero-order chi connectivity index (χ0) is 13.2. The Hall–Kier alpha value is -2.11. The van der Waals surface area contributed by atoms with Crippen LogP contribution >= 0.6 is 0 Å². The summed E-state index contributed by atoms with van der Waals surface area (Å²) in [4.78, 5) is 0. The maximum atomic E-state index is 13.0. The van der Waals surface area contributed by atoms with Crippen molar-refractivity contribution in [3.8, 4) is 0 Å². The Bertz CT molecular complexity index is 646. The molecule has 0 bridgehead atoms. The molecule has 0 nitrogen and oxygen atoms in total. The van der Waals surface area contributed by atoms with Gasteiger partial charge in [-0.05, 0) is 41.7 Å². The van der Waals surface area contributed by atoms with Gasteiger partial charge >= 0.3 is 0 Å². The molecule has 0 N–H and O–H groups in total. The van der Waals surface area contributed by atoms with Gasteiger partial charge in [-0.25, -0.2) is 4.39 Å². The van der Waals surface area contributed by atoms with Crippen LogP contribution in [0.25, 0.3) is 5.57 Å². The SMILES string of the molecule is C=C=C1c2ccccc2CCC1c1ccc(F)cc1. The summed E-state index contributed by atoms with van der Waals surface area (Å²) in [7, 11) is 0. The van der Waals surface area contributed by atoms with Crippen LogP contribution in [-0.4, -0.2) is 0 Å². The summed E-state index contributed by atoms with van der Waals surface area (Å²) >= 11 is 0. The minimum absolute atomic E-state index is 0.191. The third kappa shape index (κ3) is 2.14. The van der Waals surface area contributed by atoms with E-state index in [1.807, 2.05) is 18.2 Å². The fraction of sp³-hybridized carbons (Fsp3) is 0.167. The van der Waals surface area contributed by atoms with Crippen molar-refractivity contribution in [2.75, 3.05) is 0 Å². The lowest BCUT2D eigenvalue weighted by Gasteiger charge is -2.27. The average Bonchev–Trinajstić information content (AvgIpc) is 2.47. The predicted molar refractivity (Wildman–Crippen MR) is 76.5 cm³/mol. The topological polar surface area (TPSA) is 0 Å². The van der Waals surface area contributed by atoms with Gasteiger partial charge in [0.25, 0.3) is 0 Å². The molecule has 94 valence electrons. The first kappa shape index (κ1) is 12.0. The lowest BCUT2D eigenvalue weighted by atomic mass is 9.76. The molecule has 2 aromatic carbocycles. The molecule has 1 aliphatic carbocycles. The number of hydrogen-bond acceptors (Lipinski definition) is 0. The highest BCUT2D eigenvalue weighted by Gasteiger charge is 2.24. The molecule has 0 saturated heterocycles. The fourth-order valence-electron chi connectivity index (χ4n) is 2.88. The van der Waals surface area contributed by atoms with E-state index in [9.17, 15) is 4.39 Å². The number of allylic oxidation sites excluding steroid dienone is 1. The van der Waals surface area contributed by atoms with Gasteiger partial charge in [0.1, 0.15) is 5.82 Å². The van der Waals surface area contributed by atoms with Crippen LogP contribution in [-0.2, 0) is 6.42 Å². The van der Waals surface area contributed by atoms with Crippen LogP contribution in [0.2, 0.25) is 0 Å². The summed E-state index contributed by atoms with van der Waals surface area (Å²) in [5.41, 5.74) is 7.96. The number of aryl methyl sites for hydroxylation is 1. The zero-order valence-electron chi connectivity index (χ0n) is 10.7. The monoisotopic (exact) mass is 250 g/mol. The summed E-state index contributed by atoms with van der Waals surface area (Å²) in [6.07, 6.45) is 2.07. The van der Waals surface area contributed by atoms with E-state index in [2.05, 4.69) is 30.5 Å². The van der Waals surface area contributed by atoms with Crippen LogP contribution in [0.3, 0.4) is 0 Å². The number of hydrogen-bond donors (Lipinski definition) is 0. The summed E-state index contributed by atoms with van der Waals surface area (Å²) in [6, 6.07) is 15.2. The van der Waals surface area contributed by atoms with Crippen molar-refractivity contribution in [2.45, 2.75) is 18.8 Å². The minimum atomic E-state index is -0.191. The van der Waals surface area contributed by atoms with Crippen molar-refractivity contribution < 1.29 is 4.39 Å². The molecule has 0 radical (unpaired) electrons. The molecule has 1 atom stereocenters. The van der Waals surface area contributed by atoms with E-state index in [4.69, 9.17) is 0 Å². The molecule has 1 aliphatic rings. The summed E-state index contributed by atoms with van der Waals surface area (Å²) in [5, 5.41) is 0. The molecule has 0 spiro atoms. The van der Waals surface area contributed by atoms with Gasteiger partial charge in [-0.15, -0.1) is 5.73 Å². The largest absolute Gasteiger partial charge is 0.207 e. The Morgan fingerprint density at radius 3 is 2.53 bits per heavy atom. The Balaban J connectivity index is 2.06. The molecule has 2 aromatic rings. The van der Waals surface area contributed by atoms with Crippen molar-refractivity contribution >= 4 is 5.57 Å². The minimum Gasteiger partial charge on any atom is -0.207 e. The van der Waals surface area contributed by atoms with Crippen molar-refractivity contribution in [1.82, 2.24) is 0 Å². The molecule has 19 heavy (non-hydrogen) atoms. The second kappa shape index (κ2) is 4.87. The first-order valence-electron chi connectivity index (χ1n) is 6.53. The standard InChI is InChI=1S/C18H15F/c1-2-16-17-6-4-3-5-13(17)9-12-18(16)14-7-10-15(19)11-8-14/h3-8,10-11,18H,1,9,12H2. The first-order chi connectivity index (χ1) is 9.29. The van der Waals surface area contributed by atoms with Gasteiger partial charge in [0.15, 0.2) is 0 Å². The van der Waals surface area contributed by atoms with Crippen LogP contribution in [0.4, 0.5) is 4.39 Å². The van der Waals surface area contributed by atoms with E-state index in [1.54, 1.807) is 0 Å². The molecule has 3 rings (SSSR count). The summed E-state index contributed by atoms with van der Waals surface area (Å²) < 4.78 is 13.0. The van der Waals surface area contributed by atoms with Gasteiger partial charge < -0.3 is 0 Å². The fourth-order valence-corrected chi connectivity index (χ4v) is 2.88. The molecule has 1 unspecified atom stereocenters. The van der Waals surface area contributed by atoms with Gasteiger partial charge in [0, 0.05) is 11.5 Å². The average molecular weight is 250 g/mol. The van der Waals surface area contributed by atoms with Gasteiger partial charge in [0.05, 0.1) is 0 Å². The van der Waals surface area contributed by atoms with Crippen LogP contribution in [0.5, 0.6) is 0 Å². The number of fused-ring (bicyclic) bond motifs is 1. The Kier molecular flexibility index (Phi) is 3.06. The highest BCUT2D eigenvalue weighted by molar-refractivity contribution is 5.74. The number of halogens is 1. The molecular weight excluding hydrogens is 235 g/mol. The lowest BCUT2D eigenvalue weighted by molar-refractivity contribution is 0.625. The van der Waals surface area contributed by atoms with Gasteiger partial charge in [-0.2, -0.15) is 0 Å².